The second kappa shape index (κ2) is 5.91. The van der Waals surface area contributed by atoms with Gasteiger partial charge in [0, 0.05) is 25.7 Å². The van der Waals surface area contributed by atoms with Gasteiger partial charge < -0.3 is 15.5 Å². The topological polar surface area (TPSA) is 39.7 Å². The van der Waals surface area contributed by atoms with E-state index in [2.05, 4.69) is 34.6 Å². The van der Waals surface area contributed by atoms with Crippen molar-refractivity contribution in [3.63, 3.8) is 0 Å². The zero-order valence-corrected chi connectivity index (χ0v) is 12.1. The van der Waals surface area contributed by atoms with Crippen molar-refractivity contribution >= 4 is 5.96 Å². The molecule has 0 aromatic carbocycles. The molecule has 2 aliphatic rings. The van der Waals surface area contributed by atoms with Gasteiger partial charge in [0.2, 0.25) is 0 Å². The van der Waals surface area contributed by atoms with Crippen molar-refractivity contribution in [2.75, 3.05) is 34.2 Å². The van der Waals surface area contributed by atoms with E-state index in [-0.39, 0.29) is 0 Å². The minimum Gasteiger partial charge on any atom is -0.356 e. The Bertz CT molecular complexity index is 288. The van der Waals surface area contributed by atoms with Gasteiger partial charge in [0.15, 0.2) is 5.96 Å². The predicted molar refractivity (Wildman–Crippen MR) is 77.0 cm³/mol. The average molecular weight is 252 g/mol. The largest absolute Gasteiger partial charge is 0.356 e. The SMILES string of the molecule is CN=C(NCC1CC1)NCC1(N(C)C)CCCC1. The minimum absolute atomic E-state index is 0.331. The molecule has 18 heavy (non-hydrogen) atoms. The number of aliphatic imine (C=N–C) groups is 1. The van der Waals surface area contributed by atoms with Crippen molar-refractivity contribution in [3.8, 4) is 0 Å². The predicted octanol–water partition coefficient (Wildman–Crippen LogP) is 1.44. The average Bonchev–Trinajstić information content (AvgIpc) is 3.05. The van der Waals surface area contributed by atoms with Crippen LogP contribution in [0.1, 0.15) is 38.5 Å². The third kappa shape index (κ3) is 3.37. The number of likely N-dealkylation sites (N-methyl/N-ethyl adjacent to an activating group) is 1. The first kappa shape index (κ1) is 13.7. The number of guanidine groups is 1. The summed E-state index contributed by atoms with van der Waals surface area (Å²) in [6.07, 6.45) is 8.07. The maximum atomic E-state index is 4.32. The molecule has 2 aliphatic carbocycles. The standard InChI is InChI=1S/C14H28N4/c1-15-13(16-10-12-6-7-12)17-11-14(18(2)3)8-4-5-9-14/h12H,4-11H2,1-3H3,(H2,15,16,17). The van der Waals surface area contributed by atoms with Crippen LogP contribution < -0.4 is 10.6 Å². The molecule has 0 bridgehead atoms. The van der Waals surface area contributed by atoms with Gasteiger partial charge in [-0.15, -0.1) is 0 Å². The van der Waals surface area contributed by atoms with Crippen molar-refractivity contribution in [2.24, 2.45) is 10.9 Å². The Morgan fingerprint density at radius 2 is 1.89 bits per heavy atom. The van der Waals surface area contributed by atoms with Crippen LogP contribution in [-0.4, -0.2) is 50.6 Å². The molecule has 2 rings (SSSR count). The normalized spacial score (nSPS) is 23.4. The van der Waals surface area contributed by atoms with Crippen molar-refractivity contribution < 1.29 is 0 Å². The summed E-state index contributed by atoms with van der Waals surface area (Å²) in [6, 6.07) is 0. The van der Waals surface area contributed by atoms with Crippen LogP contribution in [0.25, 0.3) is 0 Å². The minimum atomic E-state index is 0.331. The highest BCUT2D eigenvalue weighted by atomic mass is 15.2. The van der Waals surface area contributed by atoms with Gasteiger partial charge >= 0.3 is 0 Å². The molecule has 0 unspecified atom stereocenters. The fourth-order valence-corrected chi connectivity index (χ4v) is 2.85. The van der Waals surface area contributed by atoms with Crippen LogP contribution in [-0.2, 0) is 0 Å². The molecule has 0 heterocycles. The van der Waals surface area contributed by atoms with E-state index in [9.17, 15) is 0 Å². The van der Waals surface area contributed by atoms with Gasteiger partial charge in [-0.2, -0.15) is 0 Å². The van der Waals surface area contributed by atoms with Gasteiger partial charge in [-0.05, 0) is 45.7 Å². The molecule has 0 atom stereocenters. The van der Waals surface area contributed by atoms with E-state index in [0.717, 1.165) is 25.0 Å². The molecular formula is C14H28N4. The molecule has 0 radical (unpaired) electrons. The van der Waals surface area contributed by atoms with E-state index in [4.69, 9.17) is 0 Å². The molecule has 0 aromatic rings. The molecule has 0 amide bonds. The zero-order chi connectivity index (χ0) is 13.0. The van der Waals surface area contributed by atoms with Crippen LogP contribution in [0.3, 0.4) is 0 Å². The first-order valence-corrected chi connectivity index (χ1v) is 7.28. The Labute approximate surface area is 111 Å². The molecule has 2 N–H and O–H groups in total. The van der Waals surface area contributed by atoms with Crippen LogP contribution in [0.4, 0.5) is 0 Å². The molecule has 104 valence electrons. The quantitative estimate of drug-likeness (QED) is 0.574. The van der Waals surface area contributed by atoms with E-state index in [1.807, 2.05) is 7.05 Å². The number of rotatable bonds is 5. The Hall–Kier alpha value is -0.770. The van der Waals surface area contributed by atoms with Gasteiger partial charge in [0.1, 0.15) is 0 Å². The Kier molecular flexibility index (Phi) is 4.49. The van der Waals surface area contributed by atoms with E-state index in [0.29, 0.717) is 5.54 Å². The van der Waals surface area contributed by atoms with Crippen LogP contribution in [0.5, 0.6) is 0 Å². The molecule has 0 aromatic heterocycles. The van der Waals surface area contributed by atoms with Crippen molar-refractivity contribution in [1.82, 2.24) is 15.5 Å². The molecule has 4 nitrogen and oxygen atoms in total. The molecule has 2 fully saturated rings. The Balaban J connectivity index is 1.79. The van der Waals surface area contributed by atoms with Crippen molar-refractivity contribution in [2.45, 2.75) is 44.1 Å². The number of nitrogens with zero attached hydrogens (tertiary/aromatic N) is 2. The first-order valence-electron chi connectivity index (χ1n) is 7.28. The van der Waals surface area contributed by atoms with Gasteiger partial charge in [-0.25, -0.2) is 0 Å². The smallest absolute Gasteiger partial charge is 0.191 e. The summed E-state index contributed by atoms with van der Waals surface area (Å²) in [5.41, 5.74) is 0.331. The lowest BCUT2D eigenvalue weighted by Crippen LogP contribution is -2.53. The first-order chi connectivity index (χ1) is 8.66. The summed E-state index contributed by atoms with van der Waals surface area (Å²) in [5, 5.41) is 6.95. The lowest BCUT2D eigenvalue weighted by atomic mass is 9.96. The Morgan fingerprint density at radius 3 is 2.39 bits per heavy atom. The van der Waals surface area contributed by atoms with Gasteiger partial charge in [-0.1, -0.05) is 12.8 Å². The Morgan fingerprint density at radius 1 is 1.22 bits per heavy atom. The number of nitrogens with one attached hydrogen (secondary N) is 2. The van der Waals surface area contributed by atoms with Crippen molar-refractivity contribution in [3.05, 3.63) is 0 Å². The fourth-order valence-electron chi connectivity index (χ4n) is 2.85. The highest BCUT2D eigenvalue weighted by molar-refractivity contribution is 5.79. The van der Waals surface area contributed by atoms with Gasteiger partial charge in [-0.3, -0.25) is 4.99 Å². The third-order valence-corrected chi connectivity index (χ3v) is 4.55. The summed E-state index contributed by atoms with van der Waals surface area (Å²) >= 11 is 0. The van der Waals surface area contributed by atoms with Gasteiger partial charge in [0.25, 0.3) is 0 Å². The summed E-state index contributed by atoms with van der Waals surface area (Å²) in [4.78, 5) is 6.71. The second-order valence-corrected chi connectivity index (χ2v) is 6.08. The number of hydrogen-bond donors (Lipinski definition) is 2. The van der Waals surface area contributed by atoms with Gasteiger partial charge in [0.05, 0.1) is 0 Å². The highest BCUT2D eigenvalue weighted by Gasteiger charge is 2.35. The van der Waals surface area contributed by atoms with E-state index in [1.165, 1.54) is 38.5 Å². The molecule has 0 saturated heterocycles. The van der Waals surface area contributed by atoms with E-state index < -0.39 is 0 Å². The fraction of sp³-hybridized carbons (Fsp3) is 0.929. The van der Waals surface area contributed by atoms with Crippen molar-refractivity contribution in [1.29, 1.82) is 0 Å². The maximum absolute atomic E-state index is 4.32. The summed E-state index contributed by atoms with van der Waals surface area (Å²) in [7, 11) is 6.26. The molecule has 4 heteroatoms. The van der Waals surface area contributed by atoms with Crippen LogP contribution in [0.2, 0.25) is 0 Å². The summed E-state index contributed by atoms with van der Waals surface area (Å²) < 4.78 is 0. The maximum Gasteiger partial charge on any atom is 0.191 e. The van der Waals surface area contributed by atoms with Crippen LogP contribution in [0.15, 0.2) is 4.99 Å². The third-order valence-electron chi connectivity index (χ3n) is 4.55. The van der Waals surface area contributed by atoms with Crippen LogP contribution >= 0.6 is 0 Å². The summed E-state index contributed by atoms with van der Waals surface area (Å²) in [6.45, 7) is 2.08. The monoisotopic (exact) mass is 252 g/mol. The lowest BCUT2D eigenvalue weighted by molar-refractivity contribution is 0.160. The molecular weight excluding hydrogens is 224 g/mol. The molecule has 0 aliphatic heterocycles. The number of hydrogen-bond acceptors (Lipinski definition) is 2. The summed E-state index contributed by atoms with van der Waals surface area (Å²) in [5.74, 6) is 1.85. The zero-order valence-electron chi connectivity index (χ0n) is 12.1. The lowest BCUT2D eigenvalue weighted by Gasteiger charge is -2.37. The van der Waals surface area contributed by atoms with Crippen LogP contribution in [0, 0.1) is 5.92 Å². The second-order valence-electron chi connectivity index (χ2n) is 6.08. The molecule has 0 spiro atoms. The highest BCUT2D eigenvalue weighted by Crippen LogP contribution is 2.33. The van der Waals surface area contributed by atoms with E-state index >= 15 is 0 Å². The van der Waals surface area contributed by atoms with E-state index in [1.54, 1.807) is 0 Å². The molecule has 2 saturated carbocycles.